The van der Waals surface area contributed by atoms with Crippen molar-refractivity contribution in [2.75, 3.05) is 39.5 Å². The summed E-state index contributed by atoms with van der Waals surface area (Å²) in [6.07, 6.45) is 2.16. The summed E-state index contributed by atoms with van der Waals surface area (Å²) in [5, 5.41) is 0.758. The van der Waals surface area contributed by atoms with Crippen LogP contribution in [0, 0.1) is 6.42 Å². The molecule has 2 heterocycles. The average Bonchev–Trinajstić information content (AvgIpc) is 2.50. The maximum Gasteiger partial charge on any atom is 0.141 e. The molecule has 1 aromatic carbocycles. The zero-order valence-electron chi connectivity index (χ0n) is 12.7. The van der Waals surface area contributed by atoms with Gasteiger partial charge in [-0.3, -0.25) is 4.79 Å². The van der Waals surface area contributed by atoms with Crippen LogP contribution in [0.5, 0.6) is 0 Å². The minimum absolute atomic E-state index is 0.0166. The Kier molecular flexibility index (Phi) is 5.14. The van der Waals surface area contributed by atoms with Gasteiger partial charge in [-0.25, -0.2) is 0 Å². The van der Waals surface area contributed by atoms with Crippen molar-refractivity contribution in [1.82, 2.24) is 0 Å². The van der Waals surface area contributed by atoms with Crippen LogP contribution >= 0.6 is 11.6 Å². The molecule has 1 aromatic rings. The Labute approximate surface area is 136 Å². The lowest BCUT2D eigenvalue weighted by molar-refractivity contribution is -0.950. The number of hydrogen-bond acceptors (Lipinski definition) is 3. The number of halogens is 1. The maximum atomic E-state index is 11.6. The molecule has 0 amide bonds. The zero-order chi connectivity index (χ0) is 15.4. The van der Waals surface area contributed by atoms with Crippen LogP contribution < -0.4 is 0 Å². The van der Waals surface area contributed by atoms with Gasteiger partial charge in [-0.15, -0.1) is 0 Å². The molecular weight excluding hydrogens is 302 g/mol. The molecule has 0 aromatic heterocycles. The van der Waals surface area contributed by atoms with Crippen LogP contribution in [-0.2, 0) is 20.8 Å². The monoisotopic (exact) mass is 323 g/mol. The molecular formula is C17H22ClNO3+. The first kappa shape index (κ1) is 15.9. The number of carbonyl (C=O) groups is 1. The van der Waals surface area contributed by atoms with E-state index in [0.29, 0.717) is 13.0 Å². The first-order valence-electron chi connectivity index (χ1n) is 7.80. The molecule has 2 aliphatic rings. The molecule has 2 aliphatic heterocycles. The molecule has 0 N–H and O–H groups in total. The van der Waals surface area contributed by atoms with Crippen molar-refractivity contribution >= 4 is 17.4 Å². The fourth-order valence-electron chi connectivity index (χ4n) is 3.31. The normalized spacial score (nSPS) is 25.1. The molecule has 0 spiro atoms. The summed E-state index contributed by atoms with van der Waals surface area (Å²) in [6.45, 7) is 5.69. The van der Waals surface area contributed by atoms with Gasteiger partial charge in [0.2, 0.25) is 0 Å². The van der Waals surface area contributed by atoms with E-state index < -0.39 is 0 Å². The lowest BCUT2D eigenvalue weighted by atomic mass is 10.0. The first-order chi connectivity index (χ1) is 10.7. The van der Waals surface area contributed by atoms with Crippen LogP contribution in [0.25, 0.3) is 0 Å². The van der Waals surface area contributed by atoms with Gasteiger partial charge in [0.15, 0.2) is 0 Å². The van der Waals surface area contributed by atoms with Crippen LogP contribution in [0.15, 0.2) is 24.3 Å². The van der Waals surface area contributed by atoms with Gasteiger partial charge >= 0.3 is 0 Å². The molecule has 1 atom stereocenters. The Morgan fingerprint density at radius 3 is 2.59 bits per heavy atom. The summed E-state index contributed by atoms with van der Waals surface area (Å²) < 4.78 is 12.2. The van der Waals surface area contributed by atoms with Crippen LogP contribution in [0.4, 0.5) is 0 Å². The zero-order valence-corrected chi connectivity index (χ0v) is 13.4. The van der Waals surface area contributed by atoms with E-state index in [1.807, 2.05) is 12.1 Å². The van der Waals surface area contributed by atoms with E-state index in [9.17, 15) is 4.79 Å². The Balaban J connectivity index is 1.72. The highest BCUT2D eigenvalue weighted by molar-refractivity contribution is 6.30. The molecule has 1 unspecified atom stereocenters. The topological polar surface area (TPSA) is 35.5 Å². The Hall–Kier alpha value is -0.940. The van der Waals surface area contributed by atoms with Crippen molar-refractivity contribution in [3.05, 3.63) is 41.3 Å². The highest BCUT2D eigenvalue weighted by Gasteiger charge is 2.36. The summed E-state index contributed by atoms with van der Waals surface area (Å²) >= 11 is 5.97. The van der Waals surface area contributed by atoms with Gasteiger partial charge in [-0.05, 0) is 12.1 Å². The summed E-state index contributed by atoms with van der Waals surface area (Å²) in [7, 11) is 0. The highest BCUT2D eigenvalue weighted by atomic mass is 35.5. The SMILES string of the molecule is O=C1[CH]COC(C[N+]2(Cc3ccc(Cl)cc3)CCOCC2)C1. The lowest BCUT2D eigenvalue weighted by Gasteiger charge is -2.43. The fourth-order valence-corrected chi connectivity index (χ4v) is 3.43. The predicted octanol–water partition coefficient (Wildman–Crippen LogP) is 2.25. The molecule has 22 heavy (non-hydrogen) atoms. The summed E-state index contributed by atoms with van der Waals surface area (Å²) in [6, 6.07) is 8.03. The van der Waals surface area contributed by atoms with E-state index in [1.54, 1.807) is 6.42 Å². The first-order valence-corrected chi connectivity index (χ1v) is 8.18. The quantitative estimate of drug-likeness (QED) is 0.797. The van der Waals surface area contributed by atoms with Crippen LogP contribution in [-0.4, -0.2) is 55.8 Å². The number of morpholine rings is 1. The number of hydrogen-bond donors (Lipinski definition) is 0. The summed E-state index contributed by atoms with van der Waals surface area (Å²) in [4.78, 5) is 11.6. The molecule has 119 valence electrons. The minimum atomic E-state index is 0.0166. The second-order valence-electron chi connectivity index (χ2n) is 6.20. The number of rotatable bonds is 4. The van der Waals surface area contributed by atoms with Gasteiger partial charge in [-0.2, -0.15) is 0 Å². The fraction of sp³-hybridized carbons (Fsp3) is 0.529. The largest absolute Gasteiger partial charge is 0.371 e. The van der Waals surface area contributed by atoms with Gasteiger partial charge in [0.1, 0.15) is 38.1 Å². The van der Waals surface area contributed by atoms with Crippen molar-refractivity contribution in [1.29, 1.82) is 0 Å². The third-order valence-corrected chi connectivity index (χ3v) is 4.77. The third-order valence-electron chi connectivity index (χ3n) is 4.51. The highest BCUT2D eigenvalue weighted by Crippen LogP contribution is 2.23. The molecule has 0 aliphatic carbocycles. The van der Waals surface area contributed by atoms with Crippen molar-refractivity contribution in [2.24, 2.45) is 0 Å². The van der Waals surface area contributed by atoms with Crippen molar-refractivity contribution in [3.8, 4) is 0 Å². The second kappa shape index (κ2) is 7.09. The number of carbonyl (C=O) groups excluding carboxylic acids is 1. The van der Waals surface area contributed by atoms with E-state index in [-0.39, 0.29) is 11.9 Å². The maximum absolute atomic E-state index is 11.6. The molecule has 5 heteroatoms. The summed E-state index contributed by atoms with van der Waals surface area (Å²) in [5.74, 6) is 0.203. The summed E-state index contributed by atoms with van der Waals surface area (Å²) in [5.41, 5.74) is 1.26. The lowest BCUT2D eigenvalue weighted by Crippen LogP contribution is -2.58. The number of Topliss-reactive ketones (excluding diaryl/α,β-unsaturated/α-hetero) is 1. The van der Waals surface area contributed by atoms with Crippen LogP contribution in [0.3, 0.4) is 0 Å². The minimum Gasteiger partial charge on any atom is -0.371 e. The van der Waals surface area contributed by atoms with Crippen LogP contribution in [0.1, 0.15) is 12.0 Å². The number of nitrogens with zero attached hydrogens (tertiary/aromatic N) is 1. The molecule has 4 nitrogen and oxygen atoms in total. The molecule has 1 radical (unpaired) electrons. The van der Waals surface area contributed by atoms with E-state index in [1.165, 1.54) is 5.56 Å². The van der Waals surface area contributed by atoms with Crippen LogP contribution in [0.2, 0.25) is 5.02 Å². The Bertz CT molecular complexity index is 511. The molecule has 0 bridgehead atoms. The smallest absolute Gasteiger partial charge is 0.141 e. The van der Waals surface area contributed by atoms with E-state index in [0.717, 1.165) is 48.9 Å². The van der Waals surface area contributed by atoms with Gasteiger partial charge in [0.25, 0.3) is 0 Å². The van der Waals surface area contributed by atoms with Gasteiger partial charge < -0.3 is 14.0 Å². The van der Waals surface area contributed by atoms with Crippen molar-refractivity contribution in [3.63, 3.8) is 0 Å². The Morgan fingerprint density at radius 2 is 1.91 bits per heavy atom. The number of quaternary nitrogens is 1. The van der Waals surface area contributed by atoms with E-state index in [4.69, 9.17) is 21.1 Å². The predicted molar refractivity (Wildman–Crippen MR) is 84.5 cm³/mol. The second-order valence-corrected chi connectivity index (χ2v) is 6.63. The average molecular weight is 324 g/mol. The van der Waals surface area contributed by atoms with Gasteiger partial charge in [0.05, 0.1) is 26.2 Å². The van der Waals surface area contributed by atoms with Gasteiger partial charge in [0, 0.05) is 17.0 Å². The van der Waals surface area contributed by atoms with Gasteiger partial charge in [-0.1, -0.05) is 23.7 Å². The van der Waals surface area contributed by atoms with Crippen molar-refractivity contribution < 1.29 is 18.8 Å². The van der Waals surface area contributed by atoms with E-state index in [2.05, 4.69) is 12.1 Å². The number of ether oxygens (including phenoxy) is 2. The standard InChI is InChI=1S/C17H22ClNO3/c18-15-3-1-14(2-4-15)12-19(6-9-21-10-7-19)13-17-11-16(20)5-8-22-17/h1-5,17H,6-13H2/q+1. The van der Waals surface area contributed by atoms with E-state index >= 15 is 0 Å². The third kappa shape index (κ3) is 4.07. The molecule has 3 rings (SSSR count). The Morgan fingerprint density at radius 1 is 1.18 bits per heavy atom. The molecule has 2 fully saturated rings. The van der Waals surface area contributed by atoms with Crippen molar-refractivity contribution in [2.45, 2.75) is 19.1 Å². The number of benzene rings is 1. The molecule has 2 saturated heterocycles. The number of ketones is 1. The molecule has 0 saturated carbocycles.